The number of esters is 1. The minimum absolute atomic E-state index is 0.00174. The summed E-state index contributed by atoms with van der Waals surface area (Å²) in [4.78, 5) is 36.3. The van der Waals surface area contributed by atoms with Crippen molar-refractivity contribution in [3.8, 4) is 0 Å². The Bertz CT molecular complexity index is 716. The summed E-state index contributed by atoms with van der Waals surface area (Å²) in [6.45, 7) is 1.78. The van der Waals surface area contributed by atoms with Crippen molar-refractivity contribution in [1.82, 2.24) is 4.90 Å². The van der Waals surface area contributed by atoms with Gasteiger partial charge in [-0.15, -0.1) is 0 Å². The highest BCUT2D eigenvalue weighted by Gasteiger charge is 2.45. The van der Waals surface area contributed by atoms with Crippen LogP contribution in [0, 0.1) is 10.1 Å². The number of amides is 1. The lowest BCUT2D eigenvalue weighted by atomic mass is 10.1. The number of non-ortho nitro benzene ring substituents is 1. The zero-order chi connectivity index (χ0) is 16.6. The van der Waals surface area contributed by atoms with Crippen LogP contribution in [0.1, 0.15) is 18.9 Å². The molecule has 0 saturated carbocycles. The van der Waals surface area contributed by atoms with Gasteiger partial charge in [0.1, 0.15) is 17.7 Å². The standard InChI is InChI=1S/C14H12N2O5S2/c1-8-13(15-11(17)6-12(15)23-22-8)14(18)21-7-9-2-4-10(5-3-9)16(19)20/h2-5,12H,6-7H2,1H3/t12-/m1/s1. The van der Waals surface area contributed by atoms with Crippen LogP contribution in [-0.4, -0.2) is 27.1 Å². The largest absolute Gasteiger partial charge is 0.456 e. The summed E-state index contributed by atoms with van der Waals surface area (Å²) in [6.07, 6.45) is 0.435. The van der Waals surface area contributed by atoms with Crippen LogP contribution in [0.25, 0.3) is 0 Å². The third-order valence-corrected chi connectivity index (χ3v) is 6.32. The molecular weight excluding hydrogens is 340 g/mol. The Balaban J connectivity index is 1.67. The maximum Gasteiger partial charge on any atom is 0.356 e. The van der Waals surface area contributed by atoms with E-state index in [2.05, 4.69) is 0 Å². The number of carbonyl (C=O) groups is 2. The fourth-order valence-electron chi connectivity index (χ4n) is 2.24. The molecule has 0 spiro atoms. The molecule has 0 aliphatic carbocycles. The Kier molecular flexibility index (Phi) is 4.31. The van der Waals surface area contributed by atoms with Gasteiger partial charge in [-0.05, 0) is 24.6 Å². The molecule has 0 bridgehead atoms. The lowest BCUT2D eigenvalue weighted by molar-refractivity contribution is -0.384. The molecule has 1 saturated heterocycles. The minimum atomic E-state index is -0.549. The van der Waals surface area contributed by atoms with Crippen LogP contribution >= 0.6 is 21.6 Å². The van der Waals surface area contributed by atoms with E-state index < -0.39 is 10.9 Å². The summed E-state index contributed by atoms with van der Waals surface area (Å²) in [6, 6.07) is 5.79. The number of rotatable bonds is 4. The zero-order valence-electron chi connectivity index (χ0n) is 12.1. The van der Waals surface area contributed by atoms with E-state index in [1.165, 1.54) is 40.0 Å². The van der Waals surface area contributed by atoms with Crippen molar-refractivity contribution in [2.24, 2.45) is 0 Å². The molecule has 1 amide bonds. The average Bonchev–Trinajstić information content (AvgIpc) is 2.53. The first-order valence-electron chi connectivity index (χ1n) is 6.74. The molecule has 1 fully saturated rings. The highest BCUT2D eigenvalue weighted by Crippen LogP contribution is 2.49. The number of nitro groups is 1. The SMILES string of the molecule is CC1=C(C(=O)OCc2ccc([N+](=O)[O-])cc2)N2C(=O)C[C@H]2SS1. The normalized spacial score (nSPS) is 20.0. The van der Waals surface area contributed by atoms with Gasteiger partial charge in [0.2, 0.25) is 5.91 Å². The first kappa shape index (κ1) is 15.9. The van der Waals surface area contributed by atoms with Gasteiger partial charge in [0.15, 0.2) is 0 Å². The summed E-state index contributed by atoms with van der Waals surface area (Å²) in [5, 5.41) is 10.6. The predicted octanol–water partition coefficient (Wildman–Crippen LogP) is 2.82. The van der Waals surface area contributed by atoms with Crippen LogP contribution in [0.3, 0.4) is 0 Å². The summed E-state index contributed by atoms with van der Waals surface area (Å²) in [7, 11) is 3.03. The first-order valence-corrected chi connectivity index (χ1v) is 8.95. The van der Waals surface area contributed by atoms with Crippen molar-refractivity contribution in [3.63, 3.8) is 0 Å². The van der Waals surface area contributed by atoms with Crippen molar-refractivity contribution in [3.05, 3.63) is 50.5 Å². The maximum absolute atomic E-state index is 12.3. The fraction of sp³-hybridized carbons (Fsp3) is 0.286. The van der Waals surface area contributed by atoms with Crippen molar-refractivity contribution in [1.29, 1.82) is 0 Å². The second kappa shape index (κ2) is 6.25. The molecule has 0 radical (unpaired) electrons. The zero-order valence-corrected chi connectivity index (χ0v) is 13.7. The second-order valence-electron chi connectivity index (χ2n) is 5.01. The van der Waals surface area contributed by atoms with Gasteiger partial charge in [0, 0.05) is 17.0 Å². The lowest BCUT2D eigenvalue weighted by Gasteiger charge is -2.43. The van der Waals surface area contributed by atoms with Crippen LogP contribution in [-0.2, 0) is 20.9 Å². The molecule has 1 aromatic rings. The van der Waals surface area contributed by atoms with Crippen molar-refractivity contribution < 1.29 is 19.2 Å². The van der Waals surface area contributed by atoms with Gasteiger partial charge >= 0.3 is 5.97 Å². The molecule has 2 aliphatic heterocycles. The highest BCUT2D eigenvalue weighted by molar-refractivity contribution is 8.78. The van der Waals surface area contributed by atoms with Gasteiger partial charge in [-0.25, -0.2) is 4.79 Å². The average molecular weight is 352 g/mol. The molecular formula is C14H12N2O5S2. The van der Waals surface area contributed by atoms with Crippen molar-refractivity contribution in [2.45, 2.75) is 25.3 Å². The van der Waals surface area contributed by atoms with Gasteiger partial charge in [-0.2, -0.15) is 0 Å². The Labute approximate surface area is 139 Å². The Morgan fingerprint density at radius 1 is 1.43 bits per heavy atom. The van der Waals surface area contributed by atoms with Crippen LogP contribution in [0.4, 0.5) is 5.69 Å². The summed E-state index contributed by atoms with van der Waals surface area (Å²) in [5.74, 6) is -0.629. The van der Waals surface area contributed by atoms with Crippen LogP contribution < -0.4 is 0 Å². The second-order valence-corrected chi connectivity index (χ2v) is 7.60. The quantitative estimate of drug-likeness (QED) is 0.270. The number of fused-ring (bicyclic) bond motifs is 1. The predicted molar refractivity (Wildman–Crippen MR) is 86.0 cm³/mol. The van der Waals surface area contributed by atoms with Crippen molar-refractivity contribution >= 4 is 39.2 Å². The molecule has 1 atom stereocenters. The van der Waals surface area contributed by atoms with E-state index in [9.17, 15) is 19.7 Å². The fourth-order valence-corrected chi connectivity index (χ4v) is 4.74. The number of hydrogen-bond donors (Lipinski definition) is 0. The third kappa shape index (κ3) is 3.06. The lowest BCUT2D eigenvalue weighted by Crippen LogP contribution is -2.52. The number of nitro benzene ring substituents is 1. The number of benzene rings is 1. The first-order chi connectivity index (χ1) is 11.0. The molecule has 7 nitrogen and oxygen atoms in total. The molecule has 3 rings (SSSR count). The Hall–Kier alpha value is -2.00. The number of nitrogens with zero attached hydrogens (tertiary/aromatic N) is 2. The van der Waals surface area contributed by atoms with Gasteiger partial charge in [0.25, 0.3) is 5.69 Å². The van der Waals surface area contributed by atoms with Gasteiger partial charge in [-0.1, -0.05) is 21.6 Å². The van der Waals surface area contributed by atoms with Gasteiger partial charge in [-0.3, -0.25) is 19.8 Å². The third-order valence-electron chi connectivity index (χ3n) is 3.47. The van der Waals surface area contributed by atoms with Gasteiger partial charge in [0.05, 0.1) is 11.3 Å². The molecule has 0 N–H and O–H groups in total. The molecule has 0 unspecified atom stereocenters. The van der Waals surface area contributed by atoms with E-state index in [0.717, 1.165) is 4.91 Å². The van der Waals surface area contributed by atoms with Crippen LogP contribution in [0.15, 0.2) is 34.9 Å². The van der Waals surface area contributed by atoms with Gasteiger partial charge < -0.3 is 4.74 Å². The Morgan fingerprint density at radius 2 is 2.13 bits per heavy atom. The summed E-state index contributed by atoms with van der Waals surface area (Å²) < 4.78 is 5.26. The number of ether oxygens (including phenoxy) is 1. The van der Waals surface area contributed by atoms with E-state index in [0.29, 0.717) is 17.7 Å². The molecule has 23 heavy (non-hydrogen) atoms. The molecule has 2 heterocycles. The Morgan fingerprint density at radius 3 is 2.74 bits per heavy atom. The minimum Gasteiger partial charge on any atom is -0.456 e. The molecule has 9 heteroatoms. The monoisotopic (exact) mass is 352 g/mol. The molecule has 0 aromatic heterocycles. The van der Waals surface area contributed by atoms with Crippen LogP contribution in [0.5, 0.6) is 0 Å². The van der Waals surface area contributed by atoms with Crippen molar-refractivity contribution in [2.75, 3.05) is 0 Å². The summed E-state index contributed by atoms with van der Waals surface area (Å²) in [5.41, 5.74) is 0.928. The smallest absolute Gasteiger partial charge is 0.356 e. The molecule has 1 aromatic carbocycles. The van der Waals surface area contributed by atoms with E-state index in [1.54, 1.807) is 17.7 Å². The number of allylic oxidation sites excluding steroid dienone is 1. The molecule has 120 valence electrons. The maximum atomic E-state index is 12.3. The number of β-lactam (4-membered cyclic amide) rings is 1. The topological polar surface area (TPSA) is 89.8 Å². The number of hydrogen-bond acceptors (Lipinski definition) is 7. The molecule has 2 aliphatic rings. The highest BCUT2D eigenvalue weighted by atomic mass is 33.1. The summed E-state index contributed by atoms with van der Waals surface area (Å²) >= 11 is 0. The van der Waals surface area contributed by atoms with E-state index in [4.69, 9.17) is 4.74 Å². The van der Waals surface area contributed by atoms with E-state index >= 15 is 0 Å². The van der Waals surface area contributed by atoms with E-state index in [1.807, 2.05) is 0 Å². The van der Waals surface area contributed by atoms with E-state index in [-0.39, 0.29) is 23.6 Å². The van der Waals surface area contributed by atoms with Crippen LogP contribution in [0.2, 0.25) is 0 Å². The number of carbonyl (C=O) groups excluding carboxylic acids is 2.